The molecule has 0 aromatic heterocycles. The number of hydrazine groups is 1. The van der Waals surface area contributed by atoms with Crippen LogP contribution in [0.4, 0.5) is 0 Å². The molecule has 1 N–H and O–H groups in total. The summed E-state index contributed by atoms with van der Waals surface area (Å²) < 4.78 is 0. The second-order valence-electron chi connectivity index (χ2n) is 7.51. The minimum absolute atomic E-state index is 0.112. The summed E-state index contributed by atoms with van der Waals surface area (Å²) in [5.41, 5.74) is 5.41. The summed E-state index contributed by atoms with van der Waals surface area (Å²) in [4.78, 5) is 11.9. The molecule has 2 heterocycles. The number of carbonyl (C=O) groups is 1. The predicted octanol–water partition coefficient (Wildman–Crippen LogP) is 4.14. The van der Waals surface area contributed by atoms with E-state index in [1.54, 1.807) is 6.92 Å². The summed E-state index contributed by atoms with van der Waals surface area (Å²) in [5.74, 6) is 0.898. The second-order valence-corrected chi connectivity index (χ2v) is 7.51. The Balaban J connectivity index is 1.86. The molecule has 126 valence electrons. The van der Waals surface area contributed by atoms with E-state index in [0.29, 0.717) is 6.54 Å². The summed E-state index contributed by atoms with van der Waals surface area (Å²) in [6, 6.07) is 0. The van der Waals surface area contributed by atoms with Gasteiger partial charge in [-0.1, -0.05) is 57.3 Å². The minimum atomic E-state index is 0.112. The first kappa shape index (κ1) is 16.5. The zero-order valence-corrected chi connectivity index (χ0v) is 14.6. The lowest BCUT2D eigenvalue weighted by Crippen LogP contribution is -2.33. The van der Waals surface area contributed by atoms with Crippen LogP contribution in [0.1, 0.15) is 58.8 Å². The third-order valence-electron chi connectivity index (χ3n) is 5.82. The maximum atomic E-state index is 11.9. The van der Waals surface area contributed by atoms with Gasteiger partial charge in [0, 0.05) is 17.5 Å². The van der Waals surface area contributed by atoms with Crippen molar-refractivity contribution >= 4 is 5.78 Å². The zero-order valence-electron chi connectivity index (χ0n) is 14.6. The summed E-state index contributed by atoms with van der Waals surface area (Å²) in [6.07, 6.45) is 18.8. The molecule has 0 amide bonds. The van der Waals surface area contributed by atoms with Gasteiger partial charge in [-0.2, -0.15) is 0 Å². The average molecular weight is 314 g/mol. The smallest absolute Gasteiger partial charge is 0.159 e. The van der Waals surface area contributed by atoms with E-state index in [1.807, 2.05) is 0 Å². The number of rotatable bonds is 2. The highest BCUT2D eigenvalue weighted by Crippen LogP contribution is 2.40. The lowest BCUT2D eigenvalue weighted by Gasteiger charge is -2.36. The lowest BCUT2D eigenvalue weighted by atomic mass is 9.70. The Bertz CT molecular complexity index is 538. The van der Waals surface area contributed by atoms with E-state index in [9.17, 15) is 4.79 Å². The first-order chi connectivity index (χ1) is 11.1. The molecule has 3 nitrogen and oxygen atoms in total. The van der Waals surface area contributed by atoms with Crippen LogP contribution in [-0.4, -0.2) is 23.9 Å². The van der Waals surface area contributed by atoms with Gasteiger partial charge in [0.05, 0.1) is 12.2 Å². The Hall–Kier alpha value is -1.35. The number of allylic oxidation sites excluding steroid dienone is 3. The molecule has 3 heteroatoms. The van der Waals surface area contributed by atoms with Crippen LogP contribution in [0.3, 0.4) is 0 Å². The van der Waals surface area contributed by atoms with Crippen molar-refractivity contribution in [3.05, 3.63) is 35.6 Å². The SMILES string of the molecule is CC(=O)C1=C2/C=C\C(C)(C3CCCCCCC3)/C=C\CN2NC1. The maximum Gasteiger partial charge on any atom is 0.159 e. The number of ketones is 1. The highest BCUT2D eigenvalue weighted by molar-refractivity contribution is 5.95. The van der Waals surface area contributed by atoms with E-state index in [-0.39, 0.29) is 11.2 Å². The minimum Gasteiger partial charge on any atom is -0.304 e. The topological polar surface area (TPSA) is 32.3 Å². The summed E-state index contributed by atoms with van der Waals surface area (Å²) in [5, 5.41) is 2.10. The van der Waals surface area contributed by atoms with Gasteiger partial charge in [0.15, 0.2) is 5.78 Å². The number of nitrogens with one attached hydrogen (secondary N) is 1. The molecule has 0 radical (unpaired) electrons. The molecule has 0 spiro atoms. The molecule has 0 aromatic rings. The van der Waals surface area contributed by atoms with E-state index < -0.39 is 0 Å². The van der Waals surface area contributed by atoms with Gasteiger partial charge in [0.2, 0.25) is 0 Å². The normalized spacial score (nSPS) is 32.5. The van der Waals surface area contributed by atoms with Gasteiger partial charge in [-0.3, -0.25) is 4.79 Å². The Morgan fingerprint density at radius 2 is 1.87 bits per heavy atom. The van der Waals surface area contributed by atoms with Gasteiger partial charge in [-0.25, -0.2) is 5.43 Å². The van der Waals surface area contributed by atoms with Crippen molar-refractivity contribution in [3.8, 4) is 0 Å². The van der Waals surface area contributed by atoms with Crippen molar-refractivity contribution < 1.29 is 4.79 Å². The monoisotopic (exact) mass is 314 g/mol. The maximum absolute atomic E-state index is 11.9. The molecule has 1 fully saturated rings. The molecule has 3 aliphatic rings. The Labute approximate surface area is 140 Å². The van der Waals surface area contributed by atoms with Gasteiger partial charge in [0.25, 0.3) is 0 Å². The molecule has 0 saturated heterocycles. The van der Waals surface area contributed by atoms with Crippen LogP contribution in [-0.2, 0) is 4.79 Å². The third-order valence-corrected chi connectivity index (χ3v) is 5.82. The molecule has 1 unspecified atom stereocenters. The summed E-state index contributed by atoms with van der Waals surface area (Å²) in [7, 11) is 0. The standard InChI is InChI=1S/C20H30N2O/c1-16(23)18-15-21-22-14-8-12-20(2,13-11-19(18)22)17-9-6-4-3-5-7-10-17/h8,11-13,17,21H,3-7,9-10,14-15H2,1-2H3/b12-8-,13-11-. The van der Waals surface area contributed by atoms with Crippen LogP contribution in [0, 0.1) is 11.3 Å². The van der Waals surface area contributed by atoms with Crippen molar-refractivity contribution in [2.75, 3.05) is 13.1 Å². The summed E-state index contributed by atoms with van der Waals surface area (Å²) in [6.45, 7) is 5.53. The van der Waals surface area contributed by atoms with Crippen LogP contribution in [0.5, 0.6) is 0 Å². The number of Topliss-reactive ketones (excluding diaryl/α,β-unsaturated/α-hetero) is 1. The van der Waals surface area contributed by atoms with Crippen LogP contribution in [0.25, 0.3) is 0 Å². The first-order valence-electron chi connectivity index (χ1n) is 9.22. The molecular weight excluding hydrogens is 284 g/mol. The van der Waals surface area contributed by atoms with E-state index in [0.717, 1.165) is 23.7 Å². The van der Waals surface area contributed by atoms with E-state index >= 15 is 0 Å². The fourth-order valence-corrected chi connectivity index (χ4v) is 4.25. The molecule has 0 bridgehead atoms. The molecule has 23 heavy (non-hydrogen) atoms. The van der Waals surface area contributed by atoms with Gasteiger partial charge >= 0.3 is 0 Å². The highest BCUT2D eigenvalue weighted by atomic mass is 16.1. The highest BCUT2D eigenvalue weighted by Gasteiger charge is 2.31. The molecule has 3 rings (SSSR count). The van der Waals surface area contributed by atoms with Crippen LogP contribution < -0.4 is 5.43 Å². The fraction of sp³-hybridized carbons (Fsp3) is 0.650. The largest absolute Gasteiger partial charge is 0.304 e. The number of hydrogen-bond donors (Lipinski definition) is 1. The Kier molecular flexibility index (Phi) is 5.05. The summed E-state index contributed by atoms with van der Waals surface area (Å²) >= 11 is 0. The van der Waals surface area contributed by atoms with Crippen molar-refractivity contribution in [1.29, 1.82) is 0 Å². The fourth-order valence-electron chi connectivity index (χ4n) is 4.25. The van der Waals surface area contributed by atoms with Crippen molar-refractivity contribution in [2.45, 2.75) is 58.8 Å². The zero-order chi connectivity index (χ0) is 16.3. The second kappa shape index (κ2) is 7.04. The van der Waals surface area contributed by atoms with Gasteiger partial charge in [-0.05, 0) is 31.8 Å². The molecular formula is C20H30N2O. The first-order valence-corrected chi connectivity index (χ1v) is 9.22. The number of fused-ring (bicyclic) bond motifs is 1. The average Bonchev–Trinajstić information content (AvgIpc) is 2.85. The van der Waals surface area contributed by atoms with Gasteiger partial charge in [-0.15, -0.1) is 0 Å². The Morgan fingerprint density at radius 3 is 2.57 bits per heavy atom. The lowest BCUT2D eigenvalue weighted by molar-refractivity contribution is -0.113. The number of carbonyl (C=O) groups excluding carboxylic acids is 1. The molecule has 2 aliphatic heterocycles. The third kappa shape index (κ3) is 3.60. The van der Waals surface area contributed by atoms with Crippen LogP contribution in [0.15, 0.2) is 35.6 Å². The number of nitrogens with zero attached hydrogens (tertiary/aromatic N) is 1. The van der Waals surface area contributed by atoms with Gasteiger partial charge in [0.1, 0.15) is 0 Å². The molecule has 1 aliphatic carbocycles. The van der Waals surface area contributed by atoms with Crippen molar-refractivity contribution in [1.82, 2.24) is 10.4 Å². The van der Waals surface area contributed by atoms with Crippen LogP contribution in [0.2, 0.25) is 0 Å². The van der Waals surface area contributed by atoms with Crippen molar-refractivity contribution in [2.24, 2.45) is 11.3 Å². The van der Waals surface area contributed by atoms with Crippen molar-refractivity contribution in [3.63, 3.8) is 0 Å². The molecule has 0 aromatic carbocycles. The number of hydrogen-bond acceptors (Lipinski definition) is 3. The molecule has 1 saturated carbocycles. The van der Waals surface area contributed by atoms with Gasteiger partial charge < -0.3 is 5.01 Å². The van der Waals surface area contributed by atoms with E-state index in [4.69, 9.17) is 0 Å². The predicted molar refractivity (Wildman–Crippen MR) is 94.6 cm³/mol. The molecule has 1 atom stereocenters. The Morgan fingerprint density at radius 1 is 1.17 bits per heavy atom. The van der Waals surface area contributed by atoms with Crippen LogP contribution >= 0.6 is 0 Å². The van der Waals surface area contributed by atoms with E-state index in [1.165, 1.54) is 44.9 Å². The van der Waals surface area contributed by atoms with E-state index in [2.05, 4.69) is 41.7 Å². The quantitative estimate of drug-likeness (QED) is 0.777.